The van der Waals surface area contributed by atoms with Crippen LogP contribution in [-0.4, -0.2) is 17.6 Å². The van der Waals surface area contributed by atoms with Gasteiger partial charge >= 0.3 is 29.6 Å². The fourth-order valence-electron chi connectivity index (χ4n) is 0.313. The largest absolute Gasteiger partial charge is 1.00 e. The molecule has 0 radical (unpaired) electrons. The van der Waals surface area contributed by atoms with Gasteiger partial charge in [0, 0.05) is 12.4 Å². The quantitative estimate of drug-likeness (QED) is 0.426. The Bertz CT molecular complexity index is 169. The van der Waals surface area contributed by atoms with Crippen LogP contribution < -0.4 is 34.7 Å². The Morgan fingerprint density at radius 1 is 1.33 bits per heavy atom. The minimum atomic E-state index is -1.66. The van der Waals surface area contributed by atoms with Gasteiger partial charge in [0.1, 0.15) is 6.67 Å². The molecule has 12 heavy (non-hydrogen) atoms. The summed E-state index contributed by atoms with van der Waals surface area (Å²) >= 11 is 0. The molecule has 3 nitrogen and oxygen atoms in total. The van der Waals surface area contributed by atoms with Crippen molar-refractivity contribution < 1.29 is 43.8 Å². The summed E-state index contributed by atoms with van der Waals surface area (Å²) in [6.07, 6.45) is 3.50. The molecule has 0 unspecified atom stereocenters. The predicted molar refractivity (Wildman–Crippen MR) is 35.2 cm³/mol. The zero-order chi connectivity index (χ0) is 8.53. The summed E-state index contributed by atoms with van der Waals surface area (Å²) in [5.74, 6) is -1.66. The first kappa shape index (κ1) is 14.1. The van der Waals surface area contributed by atoms with Crippen LogP contribution in [0.25, 0.3) is 0 Å². The number of hydrogen-bond acceptors (Lipinski definition) is 3. The maximum Gasteiger partial charge on any atom is 1.00 e. The van der Waals surface area contributed by atoms with Crippen LogP contribution in [-0.2, 0) is 4.79 Å². The number of nitrogens with zero attached hydrogens (tertiary/aromatic N) is 1. The van der Waals surface area contributed by atoms with Crippen LogP contribution in [0.5, 0.6) is 0 Å². The van der Waals surface area contributed by atoms with Gasteiger partial charge in [-0.05, 0) is 12.1 Å². The first-order valence-corrected chi connectivity index (χ1v) is 2.88. The van der Waals surface area contributed by atoms with Gasteiger partial charge < -0.3 is 9.90 Å². The Kier molecular flexibility index (Phi) is 12.4. The summed E-state index contributed by atoms with van der Waals surface area (Å²) in [4.78, 5) is 12.7. The smallest absolute Gasteiger partial charge is 0.547 e. The predicted octanol–water partition coefficient (Wildman–Crippen LogP) is -3.21. The van der Waals surface area contributed by atoms with Crippen LogP contribution in [0, 0.1) is 0 Å². The van der Waals surface area contributed by atoms with E-state index in [9.17, 15) is 4.39 Å². The van der Waals surface area contributed by atoms with E-state index in [-0.39, 0.29) is 29.6 Å². The van der Waals surface area contributed by atoms with Crippen LogP contribution in [0.4, 0.5) is 4.39 Å². The van der Waals surface area contributed by atoms with Crippen molar-refractivity contribution in [1.29, 1.82) is 0 Å². The van der Waals surface area contributed by atoms with Crippen LogP contribution in [0.3, 0.4) is 0 Å². The van der Waals surface area contributed by atoms with E-state index >= 15 is 0 Å². The maximum absolute atomic E-state index is 10.5. The fraction of sp³-hybridized carbons (Fsp3) is 0.143. The van der Waals surface area contributed by atoms with Gasteiger partial charge in [-0.3, -0.25) is 4.98 Å². The number of carboxylic acid groups (broad SMARTS) is 1. The van der Waals surface area contributed by atoms with Crippen molar-refractivity contribution in [2.24, 2.45) is 0 Å². The van der Waals surface area contributed by atoms with Gasteiger partial charge in [-0.1, -0.05) is 6.07 Å². The molecule has 5 heteroatoms. The van der Waals surface area contributed by atoms with Gasteiger partial charge in [0.25, 0.3) is 0 Å². The molecule has 0 bridgehead atoms. The molecule has 1 aromatic heterocycles. The summed E-state index contributed by atoms with van der Waals surface area (Å²) in [6.45, 7) is -1.39. The Hall–Kier alpha value is -0.450. The molecule has 1 rings (SSSR count). The number of carbonyl (C=O) groups excluding carboxylic acids is 1. The van der Waals surface area contributed by atoms with Crippen molar-refractivity contribution in [3.63, 3.8) is 0 Å². The third kappa shape index (κ3) is 12.2. The number of pyridine rings is 1. The number of aliphatic carboxylic acids is 1. The minimum absolute atomic E-state index is 0. The second kappa shape index (κ2) is 10.6. The zero-order valence-electron chi connectivity index (χ0n) is 6.74. The van der Waals surface area contributed by atoms with E-state index < -0.39 is 12.6 Å². The average Bonchev–Trinajstić information content (AvgIpc) is 2.09. The van der Waals surface area contributed by atoms with E-state index in [4.69, 9.17) is 9.90 Å². The minimum Gasteiger partial charge on any atom is -0.547 e. The van der Waals surface area contributed by atoms with Crippen LogP contribution in [0.1, 0.15) is 0 Å². The van der Waals surface area contributed by atoms with E-state index in [2.05, 4.69) is 4.98 Å². The summed E-state index contributed by atoms with van der Waals surface area (Å²) in [5.41, 5.74) is 0. The van der Waals surface area contributed by atoms with Crippen molar-refractivity contribution in [3.05, 3.63) is 30.6 Å². The standard InChI is InChI=1S/C5H5N.C2H3FO2.Na/c1-2-4-6-5-3-1;3-1-2(4)5;/h1-5H;1H2,(H,4,5);/q;;+1/p-1. The molecule has 0 aliphatic carbocycles. The molecule has 0 fully saturated rings. The van der Waals surface area contributed by atoms with Crippen molar-refractivity contribution in [2.75, 3.05) is 6.67 Å². The van der Waals surface area contributed by atoms with E-state index in [1.807, 2.05) is 18.2 Å². The molecule has 0 N–H and O–H groups in total. The van der Waals surface area contributed by atoms with Crippen LogP contribution >= 0.6 is 0 Å². The molecule has 1 aromatic rings. The molecule has 0 aliphatic rings. The van der Waals surface area contributed by atoms with Gasteiger partial charge in [-0.25, -0.2) is 4.39 Å². The molecule has 0 aliphatic heterocycles. The Morgan fingerprint density at radius 3 is 1.83 bits per heavy atom. The number of carbonyl (C=O) groups is 1. The Labute approximate surface area is 91.9 Å². The first-order chi connectivity index (χ1) is 5.27. The molecule has 0 atom stereocenters. The summed E-state index contributed by atoms with van der Waals surface area (Å²) in [5, 5.41) is 8.88. The number of aromatic nitrogens is 1. The second-order valence-electron chi connectivity index (χ2n) is 1.53. The number of rotatable bonds is 1. The van der Waals surface area contributed by atoms with E-state index in [0.29, 0.717) is 0 Å². The van der Waals surface area contributed by atoms with Gasteiger partial charge in [-0.2, -0.15) is 0 Å². The molecule has 0 saturated heterocycles. The van der Waals surface area contributed by atoms with Gasteiger partial charge in [0.15, 0.2) is 0 Å². The number of halogens is 1. The summed E-state index contributed by atoms with van der Waals surface area (Å²) < 4.78 is 10.5. The SMILES string of the molecule is O=C([O-])CF.[Na+].c1ccncc1. The van der Waals surface area contributed by atoms with Crippen LogP contribution in [0.2, 0.25) is 0 Å². The zero-order valence-corrected chi connectivity index (χ0v) is 8.74. The number of alkyl halides is 1. The first-order valence-electron chi connectivity index (χ1n) is 2.88. The third-order valence-corrected chi connectivity index (χ3v) is 0.676. The molecule has 0 saturated carbocycles. The number of carboxylic acids is 1. The third-order valence-electron chi connectivity index (χ3n) is 0.676. The molecule has 0 amide bonds. The van der Waals surface area contributed by atoms with E-state index in [1.54, 1.807) is 12.4 Å². The molecular formula is C7H7FNNaO2. The summed E-state index contributed by atoms with van der Waals surface area (Å²) in [6, 6.07) is 5.72. The Balaban J connectivity index is 0. The van der Waals surface area contributed by atoms with Crippen molar-refractivity contribution >= 4 is 5.97 Å². The Morgan fingerprint density at radius 2 is 1.75 bits per heavy atom. The topological polar surface area (TPSA) is 53.0 Å². The molecule has 1 heterocycles. The molecule has 0 spiro atoms. The van der Waals surface area contributed by atoms with Gasteiger partial charge in [0.2, 0.25) is 0 Å². The second-order valence-corrected chi connectivity index (χ2v) is 1.53. The van der Waals surface area contributed by atoms with Crippen LogP contribution in [0.15, 0.2) is 30.6 Å². The fourth-order valence-corrected chi connectivity index (χ4v) is 0.313. The maximum atomic E-state index is 10.5. The van der Waals surface area contributed by atoms with Crippen molar-refractivity contribution in [2.45, 2.75) is 0 Å². The van der Waals surface area contributed by atoms with Crippen molar-refractivity contribution in [1.82, 2.24) is 4.98 Å². The van der Waals surface area contributed by atoms with Gasteiger partial charge in [-0.15, -0.1) is 0 Å². The van der Waals surface area contributed by atoms with E-state index in [1.165, 1.54) is 0 Å². The van der Waals surface area contributed by atoms with E-state index in [0.717, 1.165) is 0 Å². The average molecular weight is 179 g/mol. The normalized spacial score (nSPS) is 7.08. The molecular weight excluding hydrogens is 172 g/mol. The summed E-state index contributed by atoms with van der Waals surface area (Å²) in [7, 11) is 0. The monoisotopic (exact) mass is 179 g/mol. The molecule has 0 aromatic carbocycles. The molecule has 60 valence electrons. The number of hydrogen-bond donors (Lipinski definition) is 0. The van der Waals surface area contributed by atoms with Crippen molar-refractivity contribution in [3.8, 4) is 0 Å². The van der Waals surface area contributed by atoms with Gasteiger partial charge in [0.05, 0.1) is 5.97 Å².